The number of nitrogens with one attached hydrogen (secondary N) is 1. The van der Waals surface area contributed by atoms with Gasteiger partial charge in [0.2, 0.25) is 0 Å². The molecule has 0 aliphatic carbocycles. The summed E-state index contributed by atoms with van der Waals surface area (Å²) in [6.45, 7) is 10.4. The zero-order valence-corrected chi connectivity index (χ0v) is 12.7. The minimum absolute atomic E-state index is 0.513. The van der Waals surface area contributed by atoms with Crippen molar-refractivity contribution in [1.82, 2.24) is 10.2 Å². The average molecular weight is 260 g/mol. The zero-order chi connectivity index (χ0) is 13.7. The van der Waals surface area contributed by atoms with Crippen LogP contribution < -0.4 is 5.32 Å². The molecule has 2 nitrogen and oxygen atoms in total. The first-order valence-electron chi connectivity index (χ1n) is 7.78. The lowest BCUT2D eigenvalue weighted by Gasteiger charge is -2.34. The van der Waals surface area contributed by atoms with E-state index in [2.05, 4.69) is 55.3 Å². The fraction of sp³-hybridized carbons (Fsp3) is 0.647. The van der Waals surface area contributed by atoms with Gasteiger partial charge in [-0.05, 0) is 51.4 Å². The van der Waals surface area contributed by atoms with E-state index >= 15 is 0 Å². The molecule has 1 heterocycles. The van der Waals surface area contributed by atoms with Gasteiger partial charge in [0.1, 0.15) is 0 Å². The predicted molar refractivity (Wildman–Crippen MR) is 82.5 cm³/mol. The molecule has 106 valence electrons. The van der Waals surface area contributed by atoms with Crippen molar-refractivity contribution in [1.29, 1.82) is 0 Å². The predicted octanol–water partition coefficient (Wildman–Crippen LogP) is 3.52. The van der Waals surface area contributed by atoms with Crippen LogP contribution in [0, 0.1) is 6.92 Å². The van der Waals surface area contributed by atoms with E-state index in [0.29, 0.717) is 12.1 Å². The molecule has 0 amide bonds. The molecule has 0 radical (unpaired) electrons. The molecule has 1 fully saturated rings. The van der Waals surface area contributed by atoms with Gasteiger partial charge in [-0.1, -0.05) is 43.7 Å². The third kappa shape index (κ3) is 4.05. The monoisotopic (exact) mass is 260 g/mol. The second kappa shape index (κ2) is 7.06. The summed E-state index contributed by atoms with van der Waals surface area (Å²) >= 11 is 0. The lowest BCUT2D eigenvalue weighted by Crippen LogP contribution is -2.43. The average Bonchev–Trinajstić information content (AvgIpc) is 2.46. The Kier molecular flexibility index (Phi) is 5.41. The van der Waals surface area contributed by atoms with E-state index in [1.165, 1.54) is 43.6 Å². The van der Waals surface area contributed by atoms with Crippen LogP contribution in [0.15, 0.2) is 24.3 Å². The number of piperidine rings is 1. The molecule has 19 heavy (non-hydrogen) atoms. The van der Waals surface area contributed by atoms with Gasteiger partial charge in [-0.2, -0.15) is 0 Å². The lowest BCUT2D eigenvalue weighted by atomic mass is 9.98. The van der Waals surface area contributed by atoms with Crippen molar-refractivity contribution < 1.29 is 0 Å². The molecule has 1 N–H and O–H groups in total. The van der Waals surface area contributed by atoms with E-state index in [9.17, 15) is 0 Å². The van der Waals surface area contributed by atoms with Crippen molar-refractivity contribution in [2.75, 3.05) is 19.6 Å². The molecule has 1 saturated heterocycles. The van der Waals surface area contributed by atoms with Crippen molar-refractivity contribution in [2.45, 2.75) is 52.1 Å². The Balaban J connectivity index is 1.91. The van der Waals surface area contributed by atoms with Gasteiger partial charge in [-0.3, -0.25) is 0 Å². The van der Waals surface area contributed by atoms with Crippen LogP contribution in [0.3, 0.4) is 0 Å². The minimum Gasteiger partial charge on any atom is -0.307 e. The molecule has 0 bridgehead atoms. The molecule has 1 aliphatic rings. The highest BCUT2D eigenvalue weighted by Gasteiger charge is 2.20. The first-order valence-corrected chi connectivity index (χ1v) is 7.78. The van der Waals surface area contributed by atoms with Crippen LogP contribution in [0.25, 0.3) is 0 Å². The Morgan fingerprint density at radius 1 is 1.16 bits per heavy atom. The molecule has 2 heteroatoms. The Bertz CT molecular complexity index is 363. The quantitative estimate of drug-likeness (QED) is 0.871. The highest BCUT2D eigenvalue weighted by atomic mass is 15.1. The number of likely N-dealkylation sites (tertiary alicyclic amines) is 1. The molecule has 1 aromatic rings. The number of hydrogen-bond acceptors (Lipinski definition) is 2. The number of benzene rings is 1. The van der Waals surface area contributed by atoms with Crippen LogP contribution >= 0.6 is 0 Å². The van der Waals surface area contributed by atoms with Crippen LogP contribution in [0.2, 0.25) is 0 Å². The third-order valence-electron chi connectivity index (χ3n) is 4.36. The van der Waals surface area contributed by atoms with Crippen molar-refractivity contribution in [3.63, 3.8) is 0 Å². The van der Waals surface area contributed by atoms with Crippen LogP contribution in [-0.2, 0) is 0 Å². The molecular weight excluding hydrogens is 232 g/mol. The molecule has 1 aliphatic heterocycles. The number of aryl methyl sites for hydroxylation is 1. The summed E-state index contributed by atoms with van der Waals surface area (Å²) in [4.78, 5) is 2.55. The lowest BCUT2D eigenvalue weighted by molar-refractivity contribution is 0.198. The molecular formula is C17H28N2. The van der Waals surface area contributed by atoms with E-state index in [-0.39, 0.29) is 0 Å². The van der Waals surface area contributed by atoms with Crippen molar-refractivity contribution >= 4 is 0 Å². The van der Waals surface area contributed by atoms with Crippen molar-refractivity contribution in [3.8, 4) is 0 Å². The van der Waals surface area contributed by atoms with Gasteiger partial charge in [-0.15, -0.1) is 0 Å². The SMILES string of the molecule is CCC(NC1CCN(CC)CC1)c1ccc(C)cc1. The third-order valence-corrected chi connectivity index (χ3v) is 4.36. The largest absolute Gasteiger partial charge is 0.307 e. The van der Waals surface area contributed by atoms with E-state index in [1.54, 1.807) is 0 Å². The Hall–Kier alpha value is -0.860. The van der Waals surface area contributed by atoms with E-state index in [0.717, 1.165) is 6.42 Å². The molecule has 1 aromatic carbocycles. The maximum Gasteiger partial charge on any atom is 0.0320 e. The summed E-state index contributed by atoms with van der Waals surface area (Å²) < 4.78 is 0. The molecule has 0 aromatic heterocycles. The minimum atomic E-state index is 0.513. The second-order valence-electron chi connectivity index (χ2n) is 5.75. The van der Waals surface area contributed by atoms with Crippen LogP contribution in [0.1, 0.15) is 50.3 Å². The van der Waals surface area contributed by atoms with Crippen LogP contribution in [0.4, 0.5) is 0 Å². The Morgan fingerprint density at radius 3 is 2.32 bits per heavy atom. The zero-order valence-electron chi connectivity index (χ0n) is 12.7. The summed E-state index contributed by atoms with van der Waals surface area (Å²) in [6, 6.07) is 10.2. The molecule has 1 unspecified atom stereocenters. The molecule has 0 saturated carbocycles. The fourth-order valence-electron chi connectivity index (χ4n) is 2.95. The first-order chi connectivity index (χ1) is 9.22. The standard InChI is InChI=1S/C17H28N2/c1-4-17(15-8-6-14(3)7-9-15)18-16-10-12-19(5-2)13-11-16/h6-9,16-18H,4-5,10-13H2,1-3H3. The van der Waals surface area contributed by atoms with Crippen molar-refractivity contribution in [2.24, 2.45) is 0 Å². The molecule has 1 atom stereocenters. The van der Waals surface area contributed by atoms with Gasteiger partial charge in [0.15, 0.2) is 0 Å². The number of nitrogens with zero attached hydrogens (tertiary/aromatic N) is 1. The van der Waals surface area contributed by atoms with E-state index in [4.69, 9.17) is 0 Å². The highest BCUT2D eigenvalue weighted by Crippen LogP contribution is 2.20. The Morgan fingerprint density at radius 2 is 1.79 bits per heavy atom. The highest BCUT2D eigenvalue weighted by molar-refractivity contribution is 5.24. The second-order valence-corrected chi connectivity index (χ2v) is 5.75. The molecule has 0 spiro atoms. The molecule has 2 rings (SSSR count). The fourth-order valence-corrected chi connectivity index (χ4v) is 2.95. The van der Waals surface area contributed by atoms with Gasteiger partial charge in [0.05, 0.1) is 0 Å². The number of hydrogen-bond donors (Lipinski definition) is 1. The smallest absolute Gasteiger partial charge is 0.0320 e. The normalized spacial score (nSPS) is 19.5. The van der Waals surface area contributed by atoms with E-state index in [1.807, 2.05) is 0 Å². The summed E-state index contributed by atoms with van der Waals surface area (Å²) in [7, 11) is 0. The summed E-state index contributed by atoms with van der Waals surface area (Å²) in [5.41, 5.74) is 2.78. The van der Waals surface area contributed by atoms with Gasteiger partial charge >= 0.3 is 0 Å². The first kappa shape index (κ1) is 14.5. The topological polar surface area (TPSA) is 15.3 Å². The Labute approximate surface area is 118 Å². The number of rotatable bonds is 5. The van der Waals surface area contributed by atoms with Gasteiger partial charge in [0, 0.05) is 12.1 Å². The summed E-state index contributed by atoms with van der Waals surface area (Å²) in [6.07, 6.45) is 3.74. The van der Waals surface area contributed by atoms with E-state index < -0.39 is 0 Å². The summed E-state index contributed by atoms with van der Waals surface area (Å²) in [5.74, 6) is 0. The van der Waals surface area contributed by atoms with Crippen LogP contribution in [0.5, 0.6) is 0 Å². The maximum absolute atomic E-state index is 3.86. The summed E-state index contributed by atoms with van der Waals surface area (Å²) in [5, 5.41) is 3.86. The van der Waals surface area contributed by atoms with Crippen molar-refractivity contribution in [3.05, 3.63) is 35.4 Å². The van der Waals surface area contributed by atoms with Gasteiger partial charge in [0.25, 0.3) is 0 Å². The van der Waals surface area contributed by atoms with Crippen LogP contribution in [-0.4, -0.2) is 30.6 Å². The maximum atomic E-state index is 3.86. The van der Waals surface area contributed by atoms with Gasteiger partial charge < -0.3 is 10.2 Å². The van der Waals surface area contributed by atoms with Gasteiger partial charge in [-0.25, -0.2) is 0 Å².